The Morgan fingerprint density at radius 3 is 2.62 bits per heavy atom. The molecular weight excluding hydrogens is 219 g/mol. The van der Waals surface area contributed by atoms with E-state index in [2.05, 4.69) is 5.10 Å². The Morgan fingerprint density at radius 2 is 2.50 bits per heavy atom. The molecule has 0 bridgehead atoms. The van der Waals surface area contributed by atoms with Gasteiger partial charge < -0.3 is 0 Å². The lowest BCUT2D eigenvalue weighted by Crippen LogP contribution is -2.03. The van der Waals surface area contributed by atoms with Crippen molar-refractivity contribution in [2.24, 2.45) is 7.05 Å². The summed E-state index contributed by atoms with van der Waals surface area (Å²) < 4.78 is 2.36. The van der Waals surface area contributed by atoms with Crippen molar-refractivity contribution in [1.82, 2.24) is 9.78 Å². The lowest BCUT2D eigenvalue weighted by molar-refractivity contribution is 0.756. The summed E-state index contributed by atoms with van der Waals surface area (Å²) in [6.07, 6.45) is 1.74. The van der Waals surface area contributed by atoms with Crippen molar-refractivity contribution in [3.8, 4) is 0 Å². The smallest absolute Gasteiger partial charge is 0.277 e. The maximum Gasteiger partial charge on any atom is 0.277 e. The van der Waals surface area contributed by atoms with Gasteiger partial charge in [0.1, 0.15) is 0 Å². The number of aromatic amines is 1. The van der Waals surface area contributed by atoms with Crippen molar-refractivity contribution in [2.75, 3.05) is 0 Å². The second-order valence-electron chi connectivity index (χ2n) is 1.53. The van der Waals surface area contributed by atoms with Crippen molar-refractivity contribution in [3.63, 3.8) is 0 Å². The first-order chi connectivity index (χ1) is 3.70. The van der Waals surface area contributed by atoms with Gasteiger partial charge in [-0.25, -0.2) is 0 Å². The van der Waals surface area contributed by atoms with Crippen molar-refractivity contribution >= 4 is 22.6 Å². The van der Waals surface area contributed by atoms with Gasteiger partial charge in [-0.3, -0.25) is 14.6 Å². The Labute approximate surface area is 59.8 Å². The summed E-state index contributed by atoms with van der Waals surface area (Å²) >= 11 is 1.98. The molecule has 1 N–H and O–H groups in total. The molecule has 8 heavy (non-hydrogen) atoms. The van der Waals surface area contributed by atoms with Crippen molar-refractivity contribution < 1.29 is 0 Å². The van der Waals surface area contributed by atoms with Crippen molar-refractivity contribution in [3.05, 3.63) is 20.1 Å². The quantitative estimate of drug-likeness (QED) is 0.633. The minimum atomic E-state index is -0.0203. The third-order valence-corrected chi connectivity index (χ3v) is 1.57. The predicted octanol–water partition coefficient (Wildman–Crippen LogP) is 0.318. The first kappa shape index (κ1) is 5.87. The average Bonchev–Trinajstić information content (AvgIpc) is 1.85. The van der Waals surface area contributed by atoms with Crippen molar-refractivity contribution in [1.29, 1.82) is 0 Å². The number of halogens is 1. The fourth-order valence-electron chi connectivity index (χ4n) is 0.474. The molecule has 1 heterocycles. The second-order valence-corrected chi connectivity index (χ2v) is 2.69. The molecule has 0 saturated carbocycles. The van der Waals surface area contributed by atoms with Gasteiger partial charge in [-0.2, -0.15) is 0 Å². The van der Waals surface area contributed by atoms with E-state index in [1.165, 1.54) is 0 Å². The highest BCUT2D eigenvalue weighted by Gasteiger charge is 1.92. The number of hydrogen-bond acceptors (Lipinski definition) is 1. The number of rotatable bonds is 0. The summed E-state index contributed by atoms with van der Waals surface area (Å²) in [6, 6.07) is 0. The van der Waals surface area contributed by atoms with E-state index >= 15 is 0 Å². The van der Waals surface area contributed by atoms with Crippen LogP contribution >= 0.6 is 22.6 Å². The van der Waals surface area contributed by atoms with Crippen LogP contribution in [0.4, 0.5) is 0 Å². The summed E-state index contributed by atoms with van der Waals surface area (Å²) in [5, 5.41) is 2.56. The molecule has 0 aliphatic carbocycles. The molecule has 1 aromatic rings. The number of H-pyrrole nitrogens is 1. The van der Waals surface area contributed by atoms with Crippen LogP contribution in [0, 0.1) is 3.57 Å². The minimum absolute atomic E-state index is 0.0203. The molecule has 1 aromatic heterocycles. The van der Waals surface area contributed by atoms with E-state index in [9.17, 15) is 4.79 Å². The Morgan fingerprint density at radius 1 is 1.88 bits per heavy atom. The molecule has 0 amide bonds. The maximum atomic E-state index is 10.6. The molecule has 4 heteroatoms. The topological polar surface area (TPSA) is 37.8 Å². The largest absolute Gasteiger partial charge is 0.294 e. The third kappa shape index (κ3) is 0.936. The lowest BCUT2D eigenvalue weighted by atomic mass is 10.7. The van der Waals surface area contributed by atoms with E-state index in [0.717, 1.165) is 3.57 Å². The van der Waals surface area contributed by atoms with Gasteiger partial charge in [0.2, 0.25) is 0 Å². The van der Waals surface area contributed by atoms with E-state index < -0.39 is 0 Å². The number of hydrogen-bond donors (Lipinski definition) is 1. The Hall–Kier alpha value is -0.260. The van der Waals surface area contributed by atoms with E-state index in [4.69, 9.17) is 0 Å². The molecule has 0 fully saturated rings. The predicted molar refractivity (Wildman–Crippen MR) is 38.8 cm³/mol. The zero-order chi connectivity index (χ0) is 6.15. The molecule has 0 saturated heterocycles. The first-order valence-corrected chi connectivity index (χ1v) is 3.19. The minimum Gasteiger partial charge on any atom is -0.294 e. The standard InChI is InChI=1S/C4H5IN2O/c1-7-2-3(5)4(8)6-7/h2H,1H3,(H,6,8). The van der Waals surface area contributed by atoms with Crippen molar-refractivity contribution in [2.45, 2.75) is 0 Å². The Bertz CT molecular complexity index is 236. The molecule has 0 unspecified atom stereocenters. The second kappa shape index (κ2) is 1.93. The normalized spacial score (nSPS) is 9.75. The molecule has 0 aromatic carbocycles. The molecule has 44 valence electrons. The van der Waals surface area contributed by atoms with Crippen LogP contribution < -0.4 is 5.56 Å². The molecule has 0 atom stereocenters. The number of aryl methyl sites for hydroxylation is 1. The number of aromatic nitrogens is 2. The highest BCUT2D eigenvalue weighted by Crippen LogP contribution is 1.91. The lowest BCUT2D eigenvalue weighted by Gasteiger charge is -1.80. The van der Waals surface area contributed by atoms with E-state index in [1.807, 2.05) is 22.6 Å². The molecule has 0 spiro atoms. The van der Waals surface area contributed by atoms with Gasteiger partial charge in [-0.05, 0) is 22.6 Å². The molecule has 0 radical (unpaired) electrons. The first-order valence-electron chi connectivity index (χ1n) is 2.11. The average molecular weight is 224 g/mol. The molecular formula is C4H5IN2O. The number of nitrogens with one attached hydrogen (secondary N) is 1. The summed E-state index contributed by atoms with van der Waals surface area (Å²) in [7, 11) is 1.78. The van der Waals surface area contributed by atoms with Crippen LogP contribution in [0.25, 0.3) is 0 Å². The van der Waals surface area contributed by atoms with Gasteiger partial charge in [-0.15, -0.1) is 0 Å². The maximum absolute atomic E-state index is 10.6. The molecule has 3 nitrogen and oxygen atoms in total. The van der Waals surface area contributed by atoms with Gasteiger partial charge >= 0.3 is 0 Å². The highest BCUT2D eigenvalue weighted by molar-refractivity contribution is 14.1. The summed E-state index contributed by atoms with van der Waals surface area (Å²) in [6.45, 7) is 0. The zero-order valence-corrected chi connectivity index (χ0v) is 6.47. The molecule has 0 aliphatic heterocycles. The van der Waals surface area contributed by atoms with Crippen LogP contribution in [0.5, 0.6) is 0 Å². The van der Waals surface area contributed by atoms with Crippen LogP contribution in [-0.4, -0.2) is 9.78 Å². The monoisotopic (exact) mass is 224 g/mol. The van der Waals surface area contributed by atoms with E-state index in [-0.39, 0.29) is 5.56 Å². The van der Waals surface area contributed by atoms with Gasteiger partial charge in [-0.1, -0.05) is 0 Å². The molecule has 0 aliphatic rings. The van der Waals surface area contributed by atoms with Gasteiger partial charge in [0.05, 0.1) is 3.57 Å². The summed E-state index contributed by atoms with van der Waals surface area (Å²) in [5.41, 5.74) is -0.0203. The Balaban J connectivity index is 3.35. The SMILES string of the molecule is Cn1cc(I)c(=O)[nH]1. The molecule has 1 rings (SSSR count). The summed E-state index contributed by atoms with van der Waals surface area (Å²) in [5.74, 6) is 0. The fourth-order valence-corrected chi connectivity index (χ4v) is 1.01. The van der Waals surface area contributed by atoms with Crippen LogP contribution in [0.3, 0.4) is 0 Å². The van der Waals surface area contributed by atoms with Crippen LogP contribution in [0.15, 0.2) is 11.0 Å². The van der Waals surface area contributed by atoms with Gasteiger partial charge in [0.25, 0.3) is 5.56 Å². The van der Waals surface area contributed by atoms with E-state index in [1.54, 1.807) is 17.9 Å². The Kier molecular flexibility index (Phi) is 1.41. The zero-order valence-electron chi connectivity index (χ0n) is 4.31. The third-order valence-electron chi connectivity index (χ3n) is 0.802. The van der Waals surface area contributed by atoms with Crippen LogP contribution in [0.2, 0.25) is 0 Å². The summed E-state index contributed by atoms with van der Waals surface area (Å²) in [4.78, 5) is 10.6. The van der Waals surface area contributed by atoms with Crippen LogP contribution in [-0.2, 0) is 7.05 Å². The van der Waals surface area contributed by atoms with Gasteiger partial charge in [0, 0.05) is 13.2 Å². The number of nitrogens with zero attached hydrogens (tertiary/aromatic N) is 1. The van der Waals surface area contributed by atoms with Gasteiger partial charge in [0.15, 0.2) is 0 Å². The highest BCUT2D eigenvalue weighted by atomic mass is 127. The van der Waals surface area contributed by atoms with E-state index in [0.29, 0.717) is 0 Å². The van der Waals surface area contributed by atoms with Crippen LogP contribution in [0.1, 0.15) is 0 Å². The fraction of sp³-hybridized carbons (Fsp3) is 0.250.